The third-order valence-corrected chi connectivity index (χ3v) is 3.13. The van der Waals surface area contributed by atoms with Gasteiger partial charge in [-0.2, -0.15) is 0 Å². The lowest BCUT2D eigenvalue weighted by Crippen LogP contribution is -2.31. The lowest BCUT2D eigenvalue weighted by molar-refractivity contribution is -0.118. The Morgan fingerprint density at radius 3 is 2.63 bits per heavy atom. The average Bonchev–Trinajstić information content (AvgIpc) is 2.29. The number of hydrogen-bond donors (Lipinski definition) is 2. The van der Waals surface area contributed by atoms with Crippen molar-refractivity contribution >= 4 is 21.8 Å². The average molecular weight is 328 g/mol. The molecule has 4 nitrogen and oxygen atoms in total. The molecule has 1 aromatic rings. The Bertz CT molecular complexity index is 412. The van der Waals surface area contributed by atoms with Crippen LogP contribution < -0.4 is 11.1 Å². The van der Waals surface area contributed by atoms with Crippen LogP contribution in [0.25, 0.3) is 0 Å². The number of carbonyl (C=O) groups excluding carboxylic acids is 1. The quantitative estimate of drug-likeness (QED) is 0.844. The zero-order valence-corrected chi connectivity index (χ0v) is 13.3. The van der Waals surface area contributed by atoms with Crippen LogP contribution in [0.15, 0.2) is 22.8 Å². The molecule has 106 valence electrons. The van der Waals surface area contributed by atoms with E-state index >= 15 is 0 Å². The van der Waals surface area contributed by atoms with E-state index in [4.69, 9.17) is 5.73 Å². The molecule has 1 atom stereocenters. The summed E-state index contributed by atoms with van der Waals surface area (Å²) in [4.78, 5) is 15.4. The van der Waals surface area contributed by atoms with Crippen LogP contribution in [0.3, 0.4) is 0 Å². The zero-order chi connectivity index (χ0) is 14.5. The number of rotatable bonds is 6. The number of amides is 1. The molecule has 1 rings (SSSR count). The lowest BCUT2D eigenvalue weighted by atomic mass is 9.95. The molecule has 1 aromatic heterocycles. The summed E-state index contributed by atoms with van der Waals surface area (Å²) in [6.07, 6.45) is 2.80. The predicted molar refractivity (Wildman–Crippen MR) is 80.6 cm³/mol. The van der Waals surface area contributed by atoms with Crippen molar-refractivity contribution in [1.29, 1.82) is 0 Å². The van der Waals surface area contributed by atoms with Gasteiger partial charge < -0.3 is 11.1 Å². The molecule has 0 unspecified atom stereocenters. The predicted octanol–water partition coefficient (Wildman–Crippen LogP) is 2.79. The Balaban J connectivity index is 2.73. The molecule has 1 heterocycles. The molecule has 0 fully saturated rings. The van der Waals surface area contributed by atoms with E-state index in [0.29, 0.717) is 12.8 Å². The summed E-state index contributed by atoms with van der Waals surface area (Å²) in [6, 6.07) is 3.98. The van der Waals surface area contributed by atoms with Gasteiger partial charge in [-0.1, -0.05) is 20.8 Å². The molecule has 5 heteroatoms. The minimum absolute atomic E-state index is 0.0554. The van der Waals surface area contributed by atoms with Gasteiger partial charge in [-0.3, -0.25) is 9.78 Å². The summed E-state index contributed by atoms with van der Waals surface area (Å²) in [5.74, 6) is -0.278. The van der Waals surface area contributed by atoms with Gasteiger partial charge in [0.1, 0.15) is 0 Å². The van der Waals surface area contributed by atoms with Crippen molar-refractivity contribution in [2.24, 2.45) is 11.1 Å². The van der Waals surface area contributed by atoms with Gasteiger partial charge in [-0.05, 0) is 39.9 Å². The molecule has 3 N–H and O–H groups in total. The Morgan fingerprint density at radius 1 is 1.47 bits per heavy atom. The lowest BCUT2D eigenvalue weighted by Gasteiger charge is -2.24. The van der Waals surface area contributed by atoms with Gasteiger partial charge in [0.05, 0.1) is 5.69 Å². The van der Waals surface area contributed by atoms with E-state index in [0.717, 1.165) is 16.7 Å². The molecular formula is C14H22BrN3O. The molecule has 0 aliphatic heterocycles. The van der Waals surface area contributed by atoms with E-state index < -0.39 is 0 Å². The van der Waals surface area contributed by atoms with Crippen molar-refractivity contribution in [2.45, 2.75) is 39.7 Å². The molecular weight excluding hydrogens is 306 g/mol. The number of nitrogens with zero attached hydrogens (tertiary/aromatic N) is 1. The van der Waals surface area contributed by atoms with E-state index in [-0.39, 0.29) is 17.4 Å². The normalized spacial score (nSPS) is 13.3. The van der Waals surface area contributed by atoms with E-state index in [2.05, 4.69) is 47.0 Å². The van der Waals surface area contributed by atoms with Crippen LogP contribution >= 0.6 is 15.9 Å². The molecule has 0 saturated carbocycles. The first-order valence-corrected chi connectivity index (χ1v) is 7.20. The van der Waals surface area contributed by atoms with E-state index in [1.54, 1.807) is 6.20 Å². The maximum absolute atomic E-state index is 11.0. The fourth-order valence-electron chi connectivity index (χ4n) is 1.66. The molecule has 0 spiro atoms. The summed E-state index contributed by atoms with van der Waals surface area (Å²) >= 11 is 3.37. The van der Waals surface area contributed by atoms with Crippen LogP contribution in [0.2, 0.25) is 0 Å². The Kier molecular flexibility index (Phi) is 5.94. The minimum atomic E-state index is -0.278. The molecule has 0 aromatic carbocycles. The van der Waals surface area contributed by atoms with Crippen molar-refractivity contribution in [2.75, 3.05) is 6.54 Å². The number of nitrogens with two attached hydrogens (primary N) is 1. The van der Waals surface area contributed by atoms with Crippen LogP contribution in [0.4, 0.5) is 0 Å². The third-order valence-electron chi connectivity index (χ3n) is 2.67. The Labute approximate surface area is 123 Å². The zero-order valence-electron chi connectivity index (χ0n) is 11.7. The number of pyridine rings is 1. The van der Waals surface area contributed by atoms with Crippen molar-refractivity contribution < 1.29 is 4.79 Å². The summed E-state index contributed by atoms with van der Waals surface area (Å²) in [7, 11) is 0. The summed E-state index contributed by atoms with van der Waals surface area (Å²) in [5, 5.41) is 3.47. The second-order valence-electron chi connectivity index (χ2n) is 5.90. The molecule has 1 amide bonds. The highest BCUT2D eigenvalue weighted by Crippen LogP contribution is 2.20. The smallest absolute Gasteiger partial charge is 0.217 e. The molecule has 0 radical (unpaired) electrons. The fourth-order valence-corrected chi connectivity index (χ4v) is 1.90. The van der Waals surface area contributed by atoms with E-state index in [9.17, 15) is 4.79 Å². The fraction of sp³-hybridized carbons (Fsp3) is 0.571. The molecule has 0 aliphatic carbocycles. The Hall–Kier alpha value is -0.940. The minimum Gasteiger partial charge on any atom is -0.370 e. The highest BCUT2D eigenvalue weighted by molar-refractivity contribution is 9.10. The van der Waals surface area contributed by atoms with Crippen LogP contribution in [-0.4, -0.2) is 17.4 Å². The first-order chi connectivity index (χ1) is 8.78. The summed E-state index contributed by atoms with van der Waals surface area (Å²) < 4.78 is 0.945. The third kappa shape index (κ3) is 6.68. The van der Waals surface area contributed by atoms with Gasteiger partial charge >= 0.3 is 0 Å². The van der Waals surface area contributed by atoms with Crippen molar-refractivity contribution in [3.8, 4) is 0 Å². The number of aromatic nitrogens is 1. The number of halogens is 1. The standard InChI is InChI=1S/C14H22BrN3O/c1-14(2,3)9-18-12(6-7-13(16)19)11-5-4-10(15)8-17-11/h4-5,8,12,18H,6-7,9H2,1-3H3,(H2,16,19)/t12-/m0/s1. The van der Waals surface area contributed by atoms with Gasteiger partial charge in [-0.25, -0.2) is 0 Å². The number of primary amides is 1. The summed E-state index contributed by atoms with van der Waals surface area (Å²) in [5.41, 5.74) is 6.35. The van der Waals surface area contributed by atoms with Crippen LogP contribution in [0.1, 0.15) is 45.3 Å². The second kappa shape index (κ2) is 7.01. The van der Waals surface area contributed by atoms with Crippen molar-refractivity contribution in [1.82, 2.24) is 10.3 Å². The highest BCUT2D eigenvalue weighted by Gasteiger charge is 2.17. The number of nitrogens with one attached hydrogen (secondary N) is 1. The molecule has 0 bridgehead atoms. The van der Waals surface area contributed by atoms with E-state index in [1.807, 2.05) is 12.1 Å². The van der Waals surface area contributed by atoms with Gasteiger partial charge in [0.15, 0.2) is 0 Å². The van der Waals surface area contributed by atoms with Crippen LogP contribution in [-0.2, 0) is 4.79 Å². The highest BCUT2D eigenvalue weighted by atomic mass is 79.9. The molecule has 0 aliphatic rings. The molecule has 19 heavy (non-hydrogen) atoms. The maximum atomic E-state index is 11.0. The summed E-state index contributed by atoms with van der Waals surface area (Å²) in [6.45, 7) is 7.36. The largest absolute Gasteiger partial charge is 0.370 e. The van der Waals surface area contributed by atoms with Crippen LogP contribution in [0, 0.1) is 5.41 Å². The first-order valence-electron chi connectivity index (χ1n) is 6.41. The maximum Gasteiger partial charge on any atom is 0.217 e. The monoisotopic (exact) mass is 327 g/mol. The van der Waals surface area contributed by atoms with Gasteiger partial charge in [0.2, 0.25) is 5.91 Å². The number of hydrogen-bond acceptors (Lipinski definition) is 3. The first kappa shape index (κ1) is 16.1. The van der Waals surface area contributed by atoms with Crippen molar-refractivity contribution in [3.05, 3.63) is 28.5 Å². The van der Waals surface area contributed by atoms with Gasteiger partial charge in [0, 0.05) is 29.7 Å². The van der Waals surface area contributed by atoms with Gasteiger partial charge in [-0.15, -0.1) is 0 Å². The van der Waals surface area contributed by atoms with Gasteiger partial charge in [0.25, 0.3) is 0 Å². The van der Waals surface area contributed by atoms with Crippen molar-refractivity contribution in [3.63, 3.8) is 0 Å². The second-order valence-corrected chi connectivity index (χ2v) is 6.82. The Morgan fingerprint density at radius 2 is 2.16 bits per heavy atom. The van der Waals surface area contributed by atoms with Crippen LogP contribution in [0.5, 0.6) is 0 Å². The SMILES string of the molecule is CC(C)(C)CN[C@@H](CCC(N)=O)c1ccc(Br)cn1. The topological polar surface area (TPSA) is 68.0 Å². The molecule has 0 saturated heterocycles. The van der Waals surface area contributed by atoms with E-state index in [1.165, 1.54) is 0 Å². The number of carbonyl (C=O) groups is 1.